The molecule has 7 nitrogen and oxygen atoms in total. The van der Waals surface area contributed by atoms with Crippen molar-refractivity contribution in [1.29, 1.82) is 0 Å². The van der Waals surface area contributed by atoms with Crippen molar-refractivity contribution in [2.75, 3.05) is 13.2 Å². The molecule has 32 heavy (non-hydrogen) atoms. The van der Waals surface area contributed by atoms with Gasteiger partial charge in [-0.1, -0.05) is 78.4 Å². The molecule has 0 saturated carbocycles. The number of nitrogens with zero attached hydrogens (tertiary/aromatic N) is 1. The van der Waals surface area contributed by atoms with Crippen LogP contribution in [-0.4, -0.2) is 36.6 Å². The first kappa shape index (κ1) is 22.4. The van der Waals surface area contributed by atoms with Gasteiger partial charge in [-0.2, -0.15) is 5.10 Å². The Labute approximate surface area is 186 Å². The van der Waals surface area contributed by atoms with Gasteiger partial charge in [0.15, 0.2) is 6.61 Å². The molecule has 3 aromatic rings. The second-order valence-corrected chi connectivity index (χ2v) is 6.94. The number of carbonyl (C=O) groups is 3. The van der Waals surface area contributed by atoms with Crippen LogP contribution in [0.3, 0.4) is 0 Å². The van der Waals surface area contributed by atoms with Crippen molar-refractivity contribution in [3.63, 3.8) is 0 Å². The van der Waals surface area contributed by atoms with E-state index >= 15 is 0 Å². The van der Waals surface area contributed by atoms with Crippen LogP contribution in [0.15, 0.2) is 90.0 Å². The predicted molar refractivity (Wildman–Crippen MR) is 121 cm³/mol. The molecule has 2 amide bonds. The molecule has 3 rings (SSSR count). The van der Waals surface area contributed by atoms with E-state index in [0.29, 0.717) is 11.3 Å². The largest absolute Gasteiger partial charge is 0.454 e. The highest BCUT2D eigenvalue weighted by Crippen LogP contribution is 2.10. The zero-order chi connectivity index (χ0) is 22.8. The van der Waals surface area contributed by atoms with Crippen LogP contribution in [0.4, 0.5) is 0 Å². The van der Waals surface area contributed by atoms with E-state index in [9.17, 15) is 14.4 Å². The molecule has 0 radical (unpaired) electrons. The van der Waals surface area contributed by atoms with Crippen molar-refractivity contribution in [3.8, 4) is 0 Å². The summed E-state index contributed by atoms with van der Waals surface area (Å²) in [5, 5.41) is 6.69. The summed E-state index contributed by atoms with van der Waals surface area (Å²) in [5.41, 5.74) is 6.03. The molecule has 2 N–H and O–H groups in total. The first-order valence-electron chi connectivity index (χ1n) is 10.0. The summed E-state index contributed by atoms with van der Waals surface area (Å²) in [6.45, 7) is 1.01. The average Bonchev–Trinajstić information content (AvgIpc) is 2.82. The normalized spacial score (nSPS) is 10.0. The monoisotopic (exact) mass is 429 g/mol. The fourth-order valence-corrected chi connectivity index (χ4v) is 2.88. The van der Waals surface area contributed by atoms with Crippen LogP contribution in [0.5, 0.6) is 0 Å². The van der Waals surface area contributed by atoms with Crippen LogP contribution in [0, 0.1) is 6.92 Å². The third-order valence-electron chi connectivity index (χ3n) is 4.42. The second kappa shape index (κ2) is 11.2. The average molecular weight is 429 g/mol. The van der Waals surface area contributed by atoms with Crippen molar-refractivity contribution in [3.05, 3.63) is 107 Å². The lowest BCUT2D eigenvalue weighted by Gasteiger charge is -2.09. The Morgan fingerprint density at radius 2 is 1.41 bits per heavy atom. The Morgan fingerprint density at radius 3 is 2.00 bits per heavy atom. The quantitative estimate of drug-likeness (QED) is 0.327. The van der Waals surface area contributed by atoms with Crippen LogP contribution in [-0.2, 0) is 14.3 Å². The van der Waals surface area contributed by atoms with Crippen molar-refractivity contribution in [2.45, 2.75) is 6.92 Å². The first-order valence-corrected chi connectivity index (χ1v) is 10.0. The van der Waals surface area contributed by atoms with Gasteiger partial charge in [-0.05, 0) is 19.1 Å². The molecule has 0 unspecified atom stereocenters. The molecular weight excluding hydrogens is 406 g/mol. The van der Waals surface area contributed by atoms with Crippen molar-refractivity contribution in [2.24, 2.45) is 5.10 Å². The van der Waals surface area contributed by atoms with E-state index in [4.69, 9.17) is 4.74 Å². The Balaban J connectivity index is 1.52. The van der Waals surface area contributed by atoms with E-state index in [-0.39, 0.29) is 6.54 Å². The number of hydrogen-bond acceptors (Lipinski definition) is 5. The molecule has 162 valence electrons. The molecule has 0 aliphatic heterocycles. The maximum Gasteiger partial charge on any atom is 0.325 e. The highest BCUT2D eigenvalue weighted by Gasteiger charge is 2.12. The third kappa shape index (κ3) is 6.63. The van der Waals surface area contributed by atoms with Crippen molar-refractivity contribution < 1.29 is 19.1 Å². The minimum atomic E-state index is -0.725. The Morgan fingerprint density at radius 1 is 0.812 bits per heavy atom. The van der Waals surface area contributed by atoms with Gasteiger partial charge in [-0.25, -0.2) is 5.43 Å². The first-order chi connectivity index (χ1) is 15.5. The van der Waals surface area contributed by atoms with Gasteiger partial charge in [-0.3, -0.25) is 14.4 Å². The molecule has 0 fully saturated rings. The van der Waals surface area contributed by atoms with E-state index in [1.165, 1.54) is 0 Å². The molecule has 0 bridgehead atoms. The number of hydrogen-bond donors (Lipinski definition) is 2. The molecule has 7 heteroatoms. The van der Waals surface area contributed by atoms with Gasteiger partial charge in [0.25, 0.3) is 11.8 Å². The Hall–Kier alpha value is -4.26. The van der Waals surface area contributed by atoms with Crippen LogP contribution >= 0.6 is 0 Å². The lowest BCUT2D eigenvalue weighted by atomic mass is 10.0. The number of hydrazone groups is 1. The van der Waals surface area contributed by atoms with Gasteiger partial charge >= 0.3 is 5.97 Å². The standard InChI is InChI=1S/C25H23N3O4/c1-18-9-8-14-21(15-18)25(31)26-16-23(30)32-17-22(29)27-28-24(19-10-4-2-5-11-19)20-12-6-3-7-13-20/h2-15H,16-17H2,1H3,(H,26,31)(H,27,29). The highest BCUT2D eigenvalue weighted by molar-refractivity contribution is 6.13. The maximum absolute atomic E-state index is 12.1. The van der Waals surface area contributed by atoms with E-state index in [2.05, 4.69) is 15.8 Å². The van der Waals surface area contributed by atoms with Gasteiger partial charge in [0, 0.05) is 16.7 Å². The second-order valence-electron chi connectivity index (χ2n) is 6.94. The molecule has 0 aliphatic carbocycles. The number of carbonyl (C=O) groups excluding carboxylic acids is 3. The van der Waals surface area contributed by atoms with Crippen molar-refractivity contribution >= 4 is 23.5 Å². The highest BCUT2D eigenvalue weighted by atomic mass is 16.5. The van der Waals surface area contributed by atoms with Gasteiger partial charge in [0.05, 0.1) is 5.71 Å². The molecule has 0 heterocycles. The number of amides is 2. The third-order valence-corrected chi connectivity index (χ3v) is 4.42. The van der Waals surface area contributed by atoms with E-state index < -0.39 is 24.4 Å². The fourth-order valence-electron chi connectivity index (χ4n) is 2.88. The smallest absolute Gasteiger partial charge is 0.325 e. The lowest BCUT2D eigenvalue weighted by molar-refractivity contribution is -0.147. The summed E-state index contributed by atoms with van der Waals surface area (Å²) in [6.07, 6.45) is 0. The molecule has 0 aromatic heterocycles. The SMILES string of the molecule is Cc1cccc(C(=O)NCC(=O)OCC(=O)NN=C(c2ccccc2)c2ccccc2)c1. The number of esters is 1. The van der Waals surface area contributed by atoms with Crippen LogP contribution in [0.25, 0.3) is 0 Å². The van der Waals surface area contributed by atoms with Gasteiger partial charge in [0.2, 0.25) is 0 Å². The summed E-state index contributed by atoms with van der Waals surface area (Å²) in [4.78, 5) is 36.1. The van der Waals surface area contributed by atoms with Gasteiger partial charge in [0.1, 0.15) is 6.54 Å². The number of aryl methyl sites for hydroxylation is 1. The predicted octanol–water partition coefficient (Wildman–Crippen LogP) is 2.84. The maximum atomic E-state index is 12.1. The summed E-state index contributed by atoms with van der Waals surface area (Å²) in [5.74, 6) is -1.71. The number of ether oxygens (including phenoxy) is 1. The Bertz CT molecular complexity index is 1070. The molecule has 0 aliphatic rings. The minimum Gasteiger partial charge on any atom is -0.454 e. The van der Waals surface area contributed by atoms with Crippen molar-refractivity contribution in [1.82, 2.24) is 10.7 Å². The summed E-state index contributed by atoms with van der Waals surface area (Å²) in [6, 6.07) is 25.8. The number of benzene rings is 3. The molecule has 0 saturated heterocycles. The van der Waals surface area contributed by atoms with E-state index in [0.717, 1.165) is 16.7 Å². The summed E-state index contributed by atoms with van der Waals surface area (Å²) >= 11 is 0. The van der Waals surface area contributed by atoms with Crippen LogP contribution in [0.2, 0.25) is 0 Å². The summed E-state index contributed by atoms with van der Waals surface area (Å²) in [7, 11) is 0. The van der Waals surface area contributed by atoms with Crippen LogP contribution in [0.1, 0.15) is 27.0 Å². The Kier molecular flexibility index (Phi) is 7.86. The van der Waals surface area contributed by atoms with Gasteiger partial charge in [-0.15, -0.1) is 0 Å². The summed E-state index contributed by atoms with van der Waals surface area (Å²) < 4.78 is 4.92. The molecular formula is C25H23N3O4. The van der Waals surface area contributed by atoms with Crippen LogP contribution < -0.4 is 10.7 Å². The molecule has 3 aromatic carbocycles. The molecule has 0 atom stereocenters. The zero-order valence-corrected chi connectivity index (χ0v) is 17.6. The zero-order valence-electron chi connectivity index (χ0n) is 17.6. The minimum absolute atomic E-state index is 0.345. The molecule has 0 spiro atoms. The lowest BCUT2D eigenvalue weighted by Crippen LogP contribution is -2.33. The number of rotatable bonds is 8. The van der Waals surface area contributed by atoms with Gasteiger partial charge < -0.3 is 10.1 Å². The topological polar surface area (TPSA) is 96.9 Å². The fraction of sp³-hybridized carbons (Fsp3) is 0.120. The number of nitrogens with one attached hydrogen (secondary N) is 2. The van der Waals surface area contributed by atoms with E-state index in [1.54, 1.807) is 18.2 Å². The van der Waals surface area contributed by atoms with E-state index in [1.807, 2.05) is 73.7 Å².